The van der Waals surface area contributed by atoms with Gasteiger partial charge in [0.1, 0.15) is 5.82 Å². The molecule has 0 aliphatic rings. The molecule has 1 N–H and O–H groups in total. The Balaban J connectivity index is 2.14. The van der Waals surface area contributed by atoms with Crippen LogP contribution in [0.4, 0.5) is 4.39 Å². The molecule has 0 saturated carbocycles. The summed E-state index contributed by atoms with van der Waals surface area (Å²) < 4.78 is 18.3. The Morgan fingerprint density at radius 3 is 2.81 bits per heavy atom. The van der Waals surface area contributed by atoms with Crippen LogP contribution in [0.3, 0.4) is 0 Å². The molecular weight excluding hydrogens is 275 g/mol. The Kier molecular flexibility index (Phi) is 3.41. The van der Waals surface area contributed by atoms with E-state index in [-0.39, 0.29) is 5.82 Å². The molecule has 1 aromatic heterocycles. The van der Waals surface area contributed by atoms with Gasteiger partial charge in [0, 0.05) is 6.42 Å². The first-order chi connectivity index (χ1) is 7.66. The van der Waals surface area contributed by atoms with Gasteiger partial charge in [0.25, 0.3) is 0 Å². The fourth-order valence-electron chi connectivity index (χ4n) is 1.47. The average Bonchev–Trinajstić information content (AvgIpc) is 2.74. The summed E-state index contributed by atoms with van der Waals surface area (Å²) in [6.07, 6.45) is 2.94. The van der Waals surface area contributed by atoms with Crippen molar-refractivity contribution in [2.75, 3.05) is 0 Å². The van der Waals surface area contributed by atoms with E-state index in [0.717, 1.165) is 5.56 Å². The third-order valence-electron chi connectivity index (χ3n) is 2.34. The molecule has 1 atom stereocenters. The smallest absolute Gasteiger partial charge is 0.137 e. The van der Waals surface area contributed by atoms with Crippen LogP contribution in [-0.2, 0) is 6.42 Å². The van der Waals surface area contributed by atoms with Crippen LogP contribution in [0, 0.1) is 5.82 Å². The van der Waals surface area contributed by atoms with Crippen molar-refractivity contribution in [1.82, 2.24) is 0 Å². The largest absolute Gasteiger partial charge is 0.472 e. The maximum Gasteiger partial charge on any atom is 0.137 e. The molecule has 0 spiro atoms. The Labute approximate surface area is 101 Å². The maximum atomic E-state index is 13.0. The van der Waals surface area contributed by atoms with Gasteiger partial charge in [-0.1, -0.05) is 6.07 Å². The lowest BCUT2D eigenvalue weighted by Crippen LogP contribution is -2.01. The van der Waals surface area contributed by atoms with Gasteiger partial charge in [0.2, 0.25) is 0 Å². The van der Waals surface area contributed by atoms with Gasteiger partial charge in [-0.15, -0.1) is 0 Å². The molecule has 84 valence electrons. The van der Waals surface area contributed by atoms with Gasteiger partial charge in [0.15, 0.2) is 0 Å². The molecule has 0 saturated heterocycles. The van der Waals surface area contributed by atoms with Crippen LogP contribution >= 0.6 is 15.9 Å². The number of benzene rings is 1. The lowest BCUT2D eigenvalue weighted by atomic mass is 10.0. The first kappa shape index (κ1) is 11.4. The van der Waals surface area contributed by atoms with Crippen molar-refractivity contribution in [3.63, 3.8) is 0 Å². The van der Waals surface area contributed by atoms with Gasteiger partial charge in [-0.3, -0.25) is 0 Å². The fourth-order valence-corrected chi connectivity index (χ4v) is 1.87. The zero-order valence-electron chi connectivity index (χ0n) is 8.36. The van der Waals surface area contributed by atoms with E-state index in [0.29, 0.717) is 16.5 Å². The van der Waals surface area contributed by atoms with Crippen LogP contribution in [-0.4, -0.2) is 5.11 Å². The number of furan rings is 1. The summed E-state index contributed by atoms with van der Waals surface area (Å²) in [7, 11) is 0. The van der Waals surface area contributed by atoms with Crippen LogP contribution in [0.2, 0.25) is 0 Å². The number of rotatable bonds is 3. The van der Waals surface area contributed by atoms with Gasteiger partial charge in [0.05, 0.1) is 23.1 Å². The van der Waals surface area contributed by atoms with Crippen molar-refractivity contribution in [2.24, 2.45) is 0 Å². The van der Waals surface area contributed by atoms with Crippen LogP contribution in [0.1, 0.15) is 17.2 Å². The summed E-state index contributed by atoms with van der Waals surface area (Å²) in [5.41, 5.74) is 1.59. The summed E-state index contributed by atoms with van der Waals surface area (Å²) in [5, 5.41) is 9.92. The Hall–Kier alpha value is -1.13. The van der Waals surface area contributed by atoms with E-state index in [1.54, 1.807) is 30.7 Å². The van der Waals surface area contributed by atoms with E-state index in [1.165, 1.54) is 6.07 Å². The second kappa shape index (κ2) is 4.80. The highest BCUT2D eigenvalue weighted by Crippen LogP contribution is 2.23. The van der Waals surface area contributed by atoms with Crippen molar-refractivity contribution in [3.05, 3.63) is 58.2 Å². The molecule has 0 fully saturated rings. The number of halogens is 2. The minimum absolute atomic E-state index is 0.334. The molecule has 16 heavy (non-hydrogen) atoms. The standard InChI is InChI=1S/C12H10BrFO2/c13-10-6-9(1-2-11(10)14)12(15)5-8-3-4-16-7-8/h1-4,6-7,12,15H,5H2. The predicted molar refractivity (Wildman–Crippen MR) is 61.5 cm³/mol. The first-order valence-electron chi connectivity index (χ1n) is 4.81. The molecule has 1 heterocycles. The molecule has 2 rings (SSSR count). The van der Waals surface area contributed by atoms with E-state index in [1.807, 2.05) is 0 Å². The van der Waals surface area contributed by atoms with Crippen LogP contribution in [0.15, 0.2) is 45.7 Å². The highest BCUT2D eigenvalue weighted by atomic mass is 79.9. The molecule has 2 nitrogen and oxygen atoms in total. The van der Waals surface area contributed by atoms with Crippen LogP contribution < -0.4 is 0 Å². The quantitative estimate of drug-likeness (QED) is 0.937. The van der Waals surface area contributed by atoms with Crippen molar-refractivity contribution in [2.45, 2.75) is 12.5 Å². The fraction of sp³-hybridized carbons (Fsp3) is 0.167. The van der Waals surface area contributed by atoms with Crippen molar-refractivity contribution in [1.29, 1.82) is 0 Å². The molecule has 0 aliphatic heterocycles. The molecule has 0 amide bonds. The monoisotopic (exact) mass is 284 g/mol. The molecule has 1 aromatic carbocycles. The van der Waals surface area contributed by atoms with E-state index < -0.39 is 6.10 Å². The third kappa shape index (κ3) is 2.51. The summed E-state index contributed by atoms with van der Waals surface area (Å²) in [5.74, 6) is -0.334. The number of hydrogen-bond acceptors (Lipinski definition) is 2. The summed E-state index contributed by atoms with van der Waals surface area (Å²) in [6, 6.07) is 6.28. The molecule has 1 unspecified atom stereocenters. The Bertz CT molecular complexity index is 468. The zero-order valence-corrected chi connectivity index (χ0v) is 9.95. The summed E-state index contributed by atoms with van der Waals surface area (Å²) in [6.45, 7) is 0. The first-order valence-corrected chi connectivity index (χ1v) is 5.60. The zero-order chi connectivity index (χ0) is 11.5. The van der Waals surface area contributed by atoms with E-state index in [2.05, 4.69) is 15.9 Å². The van der Waals surface area contributed by atoms with Gasteiger partial charge in [-0.05, 0) is 45.3 Å². The minimum Gasteiger partial charge on any atom is -0.472 e. The molecule has 2 aromatic rings. The van der Waals surface area contributed by atoms with E-state index >= 15 is 0 Å². The predicted octanol–water partition coefficient (Wildman–Crippen LogP) is 3.46. The normalized spacial score (nSPS) is 12.7. The van der Waals surface area contributed by atoms with Crippen molar-refractivity contribution in [3.8, 4) is 0 Å². The number of aliphatic hydroxyl groups is 1. The SMILES string of the molecule is OC(Cc1ccoc1)c1ccc(F)c(Br)c1. The second-order valence-corrected chi connectivity index (χ2v) is 4.38. The Morgan fingerprint density at radius 2 is 2.19 bits per heavy atom. The number of hydrogen-bond donors (Lipinski definition) is 1. The topological polar surface area (TPSA) is 33.4 Å². The van der Waals surface area contributed by atoms with E-state index in [4.69, 9.17) is 4.42 Å². The number of aliphatic hydroxyl groups excluding tert-OH is 1. The maximum absolute atomic E-state index is 13.0. The van der Waals surface area contributed by atoms with Crippen LogP contribution in [0.25, 0.3) is 0 Å². The molecule has 0 aliphatic carbocycles. The molecular formula is C12H10BrFO2. The highest BCUT2D eigenvalue weighted by Gasteiger charge is 2.11. The highest BCUT2D eigenvalue weighted by molar-refractivity contribution is 9.10. The van der Waals surface area contributed by atoms with Gasteiger partial charge < -0.3 is 9.52 Å². The average molecular weight is 285 g/mol. The molecule has 4 heteroatoms. The van der Waals surface area contributed by atoms with Gasteiger partial charge in [-0.25, -0.2) is 4.39 Å². The molecule has 0 bridgehead atoms. The lowest BCUT2D eigenvalue weighted by molar-refractivity contribution is 0.178. The summed E-state index contributed by atoms with van der Waals surface area (Å²) in [4.78, 5) is 0. The van der Waals surface area contributed by atoms with Gasteiger partial charge in [-0.2, -0.15) is 0 Å². The second-order valence-electron chi connectivity index (χ2n) is 3.53. The molecule has 0 radical (unpaired) electrons. The Morgan fingerprint density at radius 1 is 1.38 bits per heavy atom. The third-order valence-corrected chi connectivity index (χ3v) is 2.95. The summed E-state index contributed by atoms with van der Waals surface area (Å²) >= 11 is 3.09. The van der Waals surface area contributed by atoms with Crippen molar-refractivity contribution >= 4 is 15.9 Å². The lowest BCUT2D eigenvalue weighted by Gasteiger charge is -2.10. The van der Waals surface area contributed by atoms with Crippen molar-refractivity contribution < 1.29 is 13.9 Å². The van der Waals surface area contributed by atoms with Crippen LogP contribution in [0.5, 0.6) is 0 Å². The minimum atomic E-state index is -0.658. The van der Waals surface area contributed by atoms with E-state index in [9.17, 15) is 9.50 Å². The van der Waals surface area contributed by atoms with Gasteiger partial charge >= 0.3 is 0 Å².